The predicted molar refractivity (Wildman–Crippen MR) is 86.7 cm³/mol. The lowest BCUT2D eigenvalue weighted by molar-refractivity contribution is 0.833. The zero-order chi connectivity index (χ0) is 15.0. The van der Waals surface area contributed by atoms with Gasteiger partial charge in [0.15, 0.2) is 0 Å². The SMILES string of the molecule is Cc1cccc(Cn2c(Cl)c(C#N)c3cccc(C)c32)c1. The van der Waals surface area contributed by atoms with Gasteiger partial charge in [-0.15, -0.1) is 0 Å². The summed E-state index contributed by atoms with van der Waals surface area (Å²) in [5, 5.41) is 10.8. The number of hydrogen-bond donors (Lipinski definition) is 0. The third-order valence-corrected chi connectivity index (χ3v) is 4.15. The van der Waals surface area contributed by atoms with Gasteiger partial charge in [0.2, 0.25) is 0 Å². The van der Waals surface area contributed by atoms with E-state index in [0.717, 1.165) is 16.5 Å². The normalized spacial score (nSPS) is 10.8. The highest BCUT2D eigenvalue weighted by Crippen LogP contribution is 2.32. The zero-order valence-corrected chi connectivity index (χ0v) is 12.8. The van der Waals surface area contributed by atoms with E-state index in [1.807, 2.05) is 35.8 Å². The maximum absolute atomic E-state index is 9.38. The van der Waals surface area contributed by atoms with Crippen LogP contribution in [0, 0.1) is 25.2 Å². The first-order valence-corrected chi connectivity index (χ1v) is 7.22. The molecule has 3 heteroatoms. The Hall–Kier alpha value is -2.24. The van der Waals surface area contributed by atoms with Gasteiger partial charge in [0.25, 0.3) is 0 Å². The lowest BCUT2D eigenvalue weighted by Crippen LogP contribution is -2.01. The second-order valence-corrected chi connectivity index (χ2v) is 5.68. The van der Waals surface area contributed by atoms with Crippen molar-refractivity contribution in [3.8, 4) is 6.07 Å². The van der Waals surface area contributed by atoms with Crippen molar-refractivity contribution in [2.75, 3.05) is 0 Å². The lowest BCUT2D eigenvalue weighted by atomic mass is 10.1. The molecule has 0 radical (unpaired) electrons. The van der Waals surface area contributed by atoms with Crippen LogP contribution in [0.5, 0.6) is 0 Å². The molecule has 0 unspecified atom stereocenters. The number of halogens is 1. The molecule has 0 fully saturated rings. The van der Waals surface area contributed by atoms with Crippen LogP contribution >= 0.6 is 11.6 Å². The molecule has 0 atom stereocenters. The van der Waals surface area contributed by atoms with Crippen molar-refractivity contribution >= 4 is 22.5 Å². The highest BCUT2D eigenvalue weighted by molar-refractivity contribution is 6.32. The molecular weight excluding hydrogens is 280 g/mol. The molecule has 0 saturated carbocycles. The zero-order valence-electron chi connectivity index (χ0n) is 12.0. The Morgan fingerprint density at radius 2 is 1.90 bits per heavy atom. The average molecular weight is 295 g/mol. The third-order valence-electron chi connectivity index (χ3n) is 3.76. The van der Waals surface area contributed by atoms with Crippen LogP contribution in [0.2, 0.25) is 5.15 Å². The van der Waals surface area contributed by atoms with Gasteiger partial charge in [0.05, 0.1) is 11.1 Å². The molecule has 2 nitrogen and oxygen atoms in total. The Kier molecular flexibility index (Phi) is 3.45. The number of fused-ring (bicyclic) bond motifs is 1. The van der Waals surface area contributed by atoms with Gasteiger partial charge in [-0.2, -0.15) is 5.26 Å². The van der Waals surface area contributed by atoms with Crippen molar-refractivity contribution in [2.45, 2.75) is 20.4 Å². The van der Waals surface area contributed by atoms with Crippen molar-refractivity contribution in [1.82, 2.24) is 4.57 Å². The van der Waals surface area contributed by atoms with Crippen LogP contribution in [0.3, 0.4) is 0 Å². The Morgan fingerprint density at radius 1 is 1.14 bits per heavy atom. The first kappa shape index (κ1) is 13.7. The van der Waals surface area contributed by atoms with E-state index in [0.29, 0.717) is 17.3 Å². The molecule has 0 N–H and O–H groups in total. The van der Waals surface area contributed by atoms with Crippen LogP contribution in [0.15, 0.2) is 42.5 Å². The van der Waals surface area contributed by atoms with E-state index in [1.165, 1.54) is 11.1 Å². The van der Waals surface area contributed by atoms with Crippen molar-refractivity contribution in [3.05, 3.63) is 69.9 Å². The summed E-state index contributed by atoms with van der Waals surface area (Å²) in [6.07, 6.45) is 0. The second-order valence-electron chi connectivity index (χ2n) is 5.32. The number of para-hydroxylation sites is 1. The molecule has 0 aliphatic rings. The molecule has 104 valence electrons. The number of benzene rings is 2. The molecule has 1 heterocycles. The number of aryl methyl sites for hydroxylation is 2. The molecular formula is C18H15ClN2. The summed E-state index contributed by atoms with van der Waals surface area (Å²) in [4.78, 5) is 0. The quantitative estimate of drug-likeness (QED) is 0.665. The fourth-order valence-electron chi connectivity index (χ4n) is 2.81. The summed E-state index contributed by atoms with van der Waals surface area (Å²) in [5.74, 6) is 0. The molecule has 0 aliphatic heterocycles. The summed E-state index contributed by atoms with van der Waals surface area (Å²) in [6.45, 7) is 4.79. The summed E-state index contributed by atoms with van der Waals surface area (Å²) < 4.78 is 2.03. The van der Waals surface area contributed by atoms with Gasteiger partial charge >= 0.3 is 0 Å². The topological polar surface area (TPSA) is 28.7 Å². The van der Waals surface area contributed by atoms with Crippen molar-refractivity contribution in [3.63, 3.8) is 0 Å². The average Bonchev–Trinajstić information content (AvgIpc) is 2.72. The van der Waals surface area contributed by atoms with Gasteiger partial charge in [0.1, 0.15) is 11.2 Å². The highest BCUT2D eigenvalue weighted by Gasteiger charge is 2.16. The minimum Gasteiger partial charge on any atom is -0.326 e. The maximum atomic E-state index is 9.38. The van der Waals surface area contributed by atoms with Gasteiger partial charge in [-0.25, -0.2) is 0 Å². The minimum atomic E-state index is 0.517. The summed E-state index contributed by atoms with van der Waals surface area (Å²) in [7, 11) is 0. The van der Waals surface area contributed by atoms with Crippen LogP contribution in [0.25, 0.3) is 10.9 Å². The van der Waals surface area contributed by atoms with Gasteiger partial charge in [-0.3, -0.25) is 0 Å². The number of rotatable bonds is 2. The second kappa shape index (κ2) is 5.27. The number of aromatic nitrogens is 1. The van der Waals surface area contributed by atoms with E-state index in [1.54, 1.807) is 0 Å². The first-order valence-electron chi connectivity index (χ1n) is 6.84. The van der Waals surface area contributed by atoms with Crippen LogP contribution < -0.4 is 0 Å². The molecule has 2 aromatic carbocycles. The fourth-order valence-corrected chi connectivity index (χ4v) is 3.10. The van der Waals surface area contributed by atoms with Crippen molar-refractivity contribution < 1.29 is 0 Å². The minimum absolute atomic E-state index is 0.517. The van der Waals surface area contributed by atoms with Crippen LogP contribution in [-0.2, 0) is 6.54 Å². The number of nitrogens with zero attached hydrogens (tertiary/aromatic N) is 2. The molecule has 0 aliphatic carbocycles. The predicted octanol–water partition coefficient (Wildman–Crippen LogP) is 4.83. The Balaban J connectivity index is 2.23. The van der Waals surface area contributed by atoms with E-state index in [4.69, 9.17) is 11.6 Å². The van der Waals surface area contributed by atoms with Crippen LogP contribution in [-0.4, -0.2) is 4.57 Å². The van der Waals surface area contributed by atoms with Gasteiger partial charge in [-0.05, 0) is 25.0 Å². The van der Waals surface area contributed by atoms with E-state index in [9.17, 15) is 5.26 Å². The Morgan fingerprint density at radius 3 is 2.62 bits per heavy atom. The lowest BCUT2D eigenvalue weighted by Gasteiger charge is -2.09. The number of hydrogen-bond acceptors (Lipinski definition) is 1. The van der Waals surface area contributed by atoms with Crippen LogP contribution in [0.4, 0.5) is 0 Å². The molecule has 0 saturated heterocycles. The molecule has 0 bridgehead atoms. The van der Waals surface area contributed by atoms with Crippen LogP contribution in [0.1, 0.15) is 22.3 Å². The highest BCUT2D eigenvalue weighted by atomic mass is 35.5. The van der Waals surface area contributed by atoms with Gasteiger partial charge < -0.3 is 4.57 Å². The van der Waals surface area contributed by atoms with E-state index in [-0.39, 0.29) is 0 Å². The summed E-state index contributed by atoms with van der Waals surface area (Å²) in [6, 6.07) is 16.5. The van der Waals surface area contributed by atoms with Gasteiger partial charge in [-0.1, -0.05) is 59.6 Å². The van der Waals surface area contributed by atoms with E-state index in [2.05, 4.69) is 31.2 Å². The largest absolute Gasteiger partial charge is 0.326 e. The maximum Gasteiger partial charge on any atom is 0.128 e. The molecule has 1 aromatic heterocycles. The smallest absolute Gasteiger partial charge is 0.128 e. The Labute approximate surface area is 129 Å². The molecule has 0 amide bonds. The molecule has 3 rings (SSSR count). The van der Waals surface area contributed by atoms with E-state index < -0.39 is 0 Å². The van der Waals surface area contributed by atoms with Crippen molar-refractivity contribution in [2.24, 2.45) is 0 Å². The fraction of sp³-hybridized carbons (Fsp3) is 0.167. The summed E-state index contributed by atoms with van der Waals surface area (Å²) in [5.41, 5.74) is 5.13. The Bertz CT molecular complexity index is 869. The third kappa shape index (κ3) is 2.30. The number of nitriles is 1. The molecule has 3 aromatic rings. The van der Waals surface area contributed by atoms with Gasteiger partial charge in [0, 0.05) is 11.9 Å². The summed E-state index contributed by atoms with van der Waals surface area (Å²) >= 11 is 6.45. The monoisotopic (exact) mass is 294 g/mol. The van der Waals surface area contributed by atoms with E-state index >= 15 is 0 Å². The molecule has 21 heavy (non-hydrogen) atoms. The van der Waals surface area contributed by atoms with Crippen molar-refractivity contribution in [1.29, 1.82) is 5.26 Å². The molecule has 0 spiro atoms. The standard InChI is InChI=1S/C18H15ClN2/c1-12-5-3-7-14(9-12)11-21-17-13(2)6-4-8-15(17)16(10-20)18(21)19/h3-9H,11H2,1-2H3. The first-order chi connectivity index (χ1) is 10.1.